The van der Waals surface area contributed by atoms with Gasteiger partial charge in [-0.05, 0) is 31.9 Å². The zero-order valence-corrected chi connectivity index (χ0v) is 11.9. The minimum absolute atomic E-state index is 0.339. The van der Waals surface area contributed by atoms with E-state index in [0.717, 1.165) is 5.56 Å². The van der Waals surface area contributed by atoms with E-state index >= 15 is 0 Å². The normalized spacial score (nSPS) is 11.0. The number of methoxy groups -OCH3 is 3. The summed E-state index contributed by atoms with van der Waals surface area (Å²) in [4.78, 5) is 11.2. The Bertz CT molecular complexity index is 465. The van der Waals surface area contributed by atoms with Crippen LogP contribution in [0.1, 0.15) is 19.4 Å². The maximum Gasteiger partial charge on any atom is 0.309 e. The molecule has 1 aromatic rings. The first-order chi connectivity index (χ1) is 8.87. The Morgan fingerprint density at radius 3 is 2.11 bits per heavy atom. The van der Waals surface area contributed by atoms with Gasteiger partial charge in [-0.2, -0.15) is 0 Å². The van der Waals surface area contributed by atoms with Gasteiger partial charge in [0.25, 0.3) is 0 Å². The van der Waals surface area contributed by atoms with Crippen molar-refractivity contribution in [3.63, 3.8) is 0 Å². The van der Waals surface area contributed by atoms with E-state index in [4.69, 9.17) is 14.2 Å². The number of ether oxygens (including phenoxy) is 3. The standard InChI is InChI=1S/C14H20O5/c1-14(2,13(15)16)8-9-6-7-10(17-3)12(19-5)11(9)18-4/h6-7H,8H2,1-5H3,(H,15,16). The van der Waals surface area contributed by atoms with Crippen LogP contribution in [0.15, 0.2) is 12.1 Å². The van der Waals surface area contributed by atoms with Crippen LogP contribution >= 0.6 is 0 Å². The van der Waals surface area contributed by atoms with Crippen molar-refractivity contribution in [2.24, 2.45) is 5.41 Å². The van der Waals surface area contributed by atoms with Crippen LogP contribution in [-0.4, -0.2) is 32.4 Å². The lowest BCUT2D eigenvalue weighted by Gasteiger charge is -2.22. The fourth-order valence-corrected chi connectivity index (χ4v) is 1.85. The van der Waals surface area contributed by atoms with Gasteiger partial charge < -0.3 is 19.3 Å². The quantitative estimate of drug-likeness (QED) is 0.858. The van der Waals surface area contributed by atoms with E-state index in [9.17, 15) is 9.90 Å². The zero-order chi connectivity index (χ0) is 14.6. The molecule has 0 radical (unpaired) electrons. The van der Waals surface area contributed by atoms with Crippen LogP contribution in [0.3, 0.4) is 0 Å². The molecule has 0 aromatic heterocycles. The average molecular weight is 268 g/mol. The van der Waals surface area contributed by atoms with Crippen LogP contribution in [0.5, 0.6) is 17.2 Å². The Balaban J connectivity index is 3.26. The minimum atomic E-state index is -0.882. The van der Waals surface area contributed by atoms with Crippen molar-refractivity contribution in [1.82, 2.24) is 0 Å². The van der Waals surface area contributed by atoms with E-state index in [1.165, 1.54) is 21.3 Å². The number of aliphatic carboxylic acids is 1. The summed E-state index contributed by atoms with van der Waals surface area (Å²) < 4.78 is 15.8. The van der Waals surface area contributed by atoms with E-state index in [1.54, 1.807) is 26.0 Å². The zero-order valence-electron chi connectivity index (χ0n) is 11.9. The Morgan fingerprint density at radius 2 is 1.68 bits per heavy atom. The molecule has 0 heterocycles. The summed E-state index contributed by atoms with van der Waals surface area (Å²) >= 11 is 0. The molecule has 0 aliphatic carbocycles. The van der Waals surface area contributed by atoms with Gasteiger partial charge in [-0.3, -0.25) is 4.79 Å². The molecule has 106 valence electrons. The molecule has 0 unspecified atom stereocenters. The Hall–Kier alpha value is -1.91. The molecule has 0 saturated heterocycles. The highest BCUT2D eigenvalue weighted by atomic mass is 16.5. The molecule has 19 heavy (non-hydrogen) atoms. The minimum Gasteiger partial charge on any atom is -0.493 e. The number of carbonyl (C=O) groups is 1. The summed E-state index contributed by atoms with van der Waals surface area (Å²) in [5.41, 5.74) is -0.111. The van der Waals surface area contributed by atoms with E-state index in [1.807, 2.05) is 0 Å². The van der Waals surface area contributed by atoms with Gasteiger partial charge in [0.15, 0.2) is 11.5 Å². The lowest BCUT2D eigenvalue weighted by Crippen LogP contribution is -2.26. The topological polar surface area (TPSA) is 65.0 Å². The second-order valence-corrected chi connectivity index (χ2v) is 4.86. The molecule has 1 rings (SSSR count). The number of carboxylic acid groups (broad SMARTS) is 1. The van der Waals surface area contributed by atoms with Gasteiger partial charge in [-0.15, -0.1) is 0 Å². The van der Waals surface area contributed by atoms with Crippen molar-refractivity contribution in [3.8, 4) is 17.2 Å². The van der Waals surface area contributed by atoms with E-state index in [0.29, 0.717) is 23.7 Å². The molecule has 0 aliphatic rings. The van der Waals surface area contributed by atoms with Gasteiger partial charge in [-0.25, -0.2) is 0 Å². The lowest BCUT2D eigenvalue weighted by molar-refractivity contribution is -0.146. The second kappa shape index (κ2) is 5.82. The maximum atomic E-state index is 11.2. The summed E-state index contributed by atoms with van der Waals surface area (Å²) in [7, 11) is 4.58. The van der Waals surface area contributed by atoms with Crippen LogP contribution in [-0.2, 0) is 11.2 Å². The number of hydrogen-bond donors (Lipinski definition) is 1. The summed E-state index contributed by atoms with van der Waals surface area (Å²) in [5, 5.41) is 9.20. The molecule has 5 heteroatoms. The third-order valence-corrected chi connectivity index (χ3v) is 3.00. The van der Waals surface area contributed by atoms with Crippen LogP contribution in [0, 0.1) is 5.41 Å². The molecule has 1 aromatic carbocycles. The van der Waals surface area contributed by atoms with E-state index in [2.05, 4.69) is 0 Å². The molecular weight excluding hydrogens is 248 g/mol. The van der Waals surface area contributed by atoms with Gasteiger partial charge >= 0.3 is 5.97 Å². The number of carboxylic acids is 1. The largest absolute Gasteiger partial charge is 0.493 e. The molecule has 0 bridgehead atoms. The van der Waals surface area contributed by atoms with Gasteiger partial charge in [0.1, 0.15) is 0 Å². The summed E-state index contributed by atoms with van der Waals surface area (Å²) in [5.74, 6) is 0.681. The van der Waals surface area contributed by atoms with Crippen LogP contribution in [0.2, 0.25) is 0 Å². The number of hydrogen-bond acceptors (Lipinski definition) is 4. The van der Waals surface area contributed by atoms with Crippen LogP contribution in [0.4, 0.5) is 0 Å². The fraction of sp³-hybridized carbons (Fsp3) is 0.500. The Labute approximate surface area is 113 Å². The van der Waals surface area contributed by atoms with Crippen molar-refractivity contribution in [2.75, 3.05) is 21.3 Å². The van der Waals surface area contributed by atoms with Gasteiger partial charge in [0, 0.05) is 0 Å². The van der Waals surface area contributed by atoms with Crippen molar-refractivity contribution >= 4 is 5.97 Å². The van der Waals surface area contributed by atoms with Crippen LogP contribution < -0.4 is 14.2 Å². The Kier molecular flexibility index (Phi) is 4.64. The highest BCUT2D eigenvalue weighted by Gasteiger charge is 2.30. The van der Waals surface area contributed by atoms with Crippen molar-refractivity contribution < 1.29 is 24.1 Å². The highest BCUT2D eigenvalue weighted by Crippen LogP contribution is 2.41. The third-order valence-electron chi connectivity index (χ3n) is 3.00. The number of rotatable bonds is 6. The molecule has 0 fully saturated rings. The summed E-state index contributed by atoms with van der Waals surface area (Å²) in [6.45, 7) is 3.34. The SMILES string of the molecule is COc1ccc(CC(C)(C)C(=O)O)c(OC)c1OC. The molecule has 0 saturated carbocycles. The predicted molar refractivity (Wildman–Crippen MR) is 71.2 cm³/mol. The molecule has 0 atom stereocenters. The summed E-state index contributed by atoms with van der Waals surface area (Å²) in [6, 6.07) is 3.54. The van der Waals surface area contributed by atoms with E-state index < -0.39 is 11.4 Å². The molecule has 5 nitrogen and oxygen atoms in total. The smallest absolute Gasteiger partial charge is 0.309 e. The molecule has 1 N–H and O–H groups in total. The maximum absolute atomic E-state index is 11.2. The molecular formula is C14H20O5. The molecule has 0 amide bonds. The average Bonchev–Trinajstić information content (AvgIpc) is 2.37. The summed E-state index contributed by atoms with van der Waals surface area (Å²) in [6.07, 6.45) is 0.339. The Morgan fingerprint density at radius 1 is 1.11 bits per heavy atom. The van der Waals surface area contributed by atoms with Crippen LogP contribution in [0.25, 0.3) is 0 Å². The van der Waals surface area contributed by atoms with Crippen molar-refractivity contribution in [2.45, 2.75) is 20.3 Å². The highest BCUT2D eigenvalue weighted by molar-refractivity contribution is 5.74. The van der Waals surface area contributed by atoms with Gasteiger partial charge in [0.05, 0.1) is 26.7 Å². The monoisotopic (exact) mass is 268 g/mol. The third kappa shape index (κ3) is 3.10. The first kappa shape index (κ1) is 15.1. The van der Waals surface area contributed by atoms with E-state index in [-0.39, 0.29) is 0 Å². The molecule has 0 aliphatic heterocycles. The first-order valence-electron chi connectivity index (χ1n) is 5.88. The van der Waals surface area contributed by atoms with Gasteiger partial charge in [0.2, 0.25) is 5.75 Å². The first-order valence-corrected chi connectivity index (χ1v) is 5.88. The predicted octanol–water partition coefficient (Wildman–Crippen LogP) is 2.37. The fourth-order valence-electron chi connectivity index (χ4n) is 1.85. The number of benzene rings is 1. The lowest BCUT2D eigenvalue weighted by atomic mass is 9.85. The van der Waals surface area contributed by atoms with Crippen molar-refractivity contribution in [3.05, 3.63) is 17.7 Å². The molecule has 0 spiro atoms. The van der Waals surface area contributed by atoms with Gasteiger partial charge in [-0.1, -0.05) is 6.07 Å². The second-order valence-electron chi connectivity index (χ2n) is 4.86. The van der Waals surface area contributed by atoms with Crippen molar-refractivity contribution in [1.29, 1.82) is 0 Å².